The summed E-state index contributed by atoms with van der Waals surface area (Å²) in [6, 6.07) is 21.3. The summed E-state index contributed by atoms with van der Waals surface area (Å²) in [4.78, 5) is 56.2. The number of hydrogen-bond acceptors (Lipinski definition) is 8. The fourth-order valence-corrected chi connectivity index (χ4v) is 5.27. The molecule has 11 heteroatoms. The van der Waals surface area contributed by atoms with Crippen LogP contribution in [0.4, 0.5) is 14.5 Å². The zero-order chi connectivity index (χ0) is 29.8. The van der Waals surface area contributed by atoms with Crippen molar-refractivity contribution in [2.45, 2.75) is 16.7 Å². The summed E-state index contributed by atoms with van der Waals surface area (Å²) < 4.78 is 31.4. The molecule has 2 amide bonds. The van der Waals surface area contributed by atoms with Crippen LogP contribution in [0.3, 0.4) is 0 Å². The molecule has 1 atom stereocenters. The number of nitrogens with zero attached hydrogens (tertiary/aromatic N) is 3. The number of Topliss-reactive ketones (excluding diaryl/α,β-unsaturated/α-hetero) is 1. The summed E-state index contributed by atoms with van der Waals surface area (Å²) >= 11 is 0.994. The van der Waals surface area contributed by atoms with Crippen molar-refractivity contribution in [1.29, 1.82) is 5.26 Å². The number of nitriles is 1. The monoisotopic (exact) mass is 583 g/mol. The number of carbonyl (C=O) groups excluding carboxylic acids is 4. The highest BCUT2D eigenvalue weighted by atomic mass is 32.2. The fourth-order valence-electron chi connectivity index (χ4n) is 4.18. The minimum absolute atomic E-state index is 0.0937. The van der Waals surface area contributed by atoms with Crippen LogP contribution in [0.15, 0.2) is 90.0 Å². The average molecular weight is 584 g/mol. The largest absolute Gasteiger partial charge is 0.454 e. The maximum absolute atomic E-state index is 13.3. The van der Waals surface area contributed by atoms with Gasteiger partial charge in [0.25, 0.3) is 0 Å². The van der Waals surface area contributed by atoms with Crippen LogP contribution in [-0.2, 0) is 14.3 Å². The van der Waals surface area contributed by atoms with E-state index in [4.69, 9.17) is 4.74 Å². The van der Waals surface area contributed by atoms with Crippen LogP contribution < -0.4 is 4.90 Å². The van der Waals surface area contributed by atoms with Gasteiger partial charge in [-0.05, 0) is 84.9 Å². The quantitative estimate of drug-likeness (QED) is 0.155. The van der Waals surface area contributed by atoms with E-state index in [2.05, 4.69) is 4.98 Å². The molecule has 4 aromatic rings. The van der Waals surface area contributed by atoms with E-state index in [1.165, 1.54) is 48.5 Å². The van der Waals surface area contributed by atoms with Gasteiger partial charge in [0.2, 0.25) is 11.8 Å². The lowest BCUT2D eigenvalue weighted by atomic mass is 10.1. The molecule has 1 saturated heterocycles. The molecule has 0 saturated carbocycles. The normalized spacial score (nSPS) is 14.5. The number of rotatable bonds is 8. The van der Waals surface area contributed by atoms with Gasteiger partial charge in [0.1, 0.15) is 22.7 Å². The standard InChI is InChI=1S/C31H19F2N3O5S/c32-22-8-1-18(2-9-22)25-14-7-21(16-34)29(35-25)42-27-15-28(38)36(30(27)39)24-12-5-20(6-13-24)31(40)41-17-26(37)19-3-10-23(33)11-4-19/h1-14,27H,15,17H2. The minimum atomic E-state index is -0.845. The number of benzene rings is 3. The number of anilines is 1. The molecule has 5 rings (SSSR count). The Morgan fingerprint density at radius 1 is 0.905 bits per heavy atom. The van der Waals surface area contributed by atoms with Gasteiger partial charge in [0, 0.05) is 17.5 Å². The fraction of sp³-hybridized carbons (Fsp3) is 0.0968. The van der Waals surface area contributed by atoms with Gasteiger partial charge >= 0.3 is 5.97 Å². The van der Waals surface area contributed by atoms with Crippen LogP contribution in [0, 0.1) is 23.0 Å². The molecular weight excluding hydrogens is 564 g/mol. The van der Waals surface area contributed by atoms with Gasteiger partial charge in [0.15, 0.2) is 12.4 Å². The van der Waals surface area contributed by atoms with Gasteiger partial charge in [-0.1, -0.05) is 11.8 Å². The number of hydrogen-bond donors (Lipinski definition) is 0. The topological polar surface area (TPSA) is 117 Å². The van der Waals surface area contributed by atoms with Gasteiger partial charge in [-0.15, -0.1) is 0 Å². The van der Waals surface area contributed by atoms with E-state index in [9.17, 15) is 33.2 Å². The Morgan fingerprint density at radius 3 is 2.17 bits per heavy atom. The van der Waals surface area contributed by atoms with Crippen molar-refractivity contribution in [3.63, 3.8) is 0 Å². The zero-order valence-electron chi connectivity index (χ0n) is 21.6. The van der Waals surface area contributed by atoms with E-state index >= 15 is 0 Å². The SMILES string of the molecule is N#Cc1ccc(-c2ccc(F)cc2)nc1SC1CC(=O)N(c2ccc(C(=O)OCC(=O)c3ccc(F)cc3)cc2)C1=O. The van der Waals surface area contributed by atoms with Crippen molar-refractivity contribution in [1.82, 2.24) is 4.98 Å². The van der Waals surface area contributed by atoms with Crippen LogP contribution in [0.5, 0.6) is 0 Å². The summed E-state index contributed by atoms with van der Waals surface area (Å²) in [5.41, 5.74) is 1.85. The van der Waals surface area contributed by atoms with Gasteiger partial charge in [-0.25, -0.2) is 23.5 Å². The van der Waals surface area contributed by atoms with E-state index in [1.807, 2.05) is 6.07 Å². The number of imide groups is 1. The van der Waals surface area contributed by atoms with Gasteiger partial charge < -0.3 is 4.74 Å². The number of ether oxygens (including phenoxy) is 1. The van der Waals surface area contributed by atoms with Crippen molar-refractivity contribution in [3.8, 4) is 17.3 Å². The maximum Gasteiger partial charge on any atom is 0.338 e. The second-order valence-electron chi connectivity index (χ2n) is 9.10. The summed E-state index contributed by atoms with van der Waals surface area (Å²) in [6.45, 7) is -0.546. The first kappa shape index (κ1) is 28.3. The molecule has 2 heterocycles. The minimum Gasteiger partial charge on any atom is -0.454 e. The van der Waals surface area contributed by atoms with Crippen molar-refractivity contribution in [3.05, 3.63) is 113 Å². The molecule has 3 aromatic carbocycles. The number of thioether (sulfide) groups is 1. The predicted octanol–water partition coefficient (Wildman–Crippen LogP) is 5.36. The molecule has 0 N–H and O–H groups in total. The molecule has 0 bridgehead atoms. The molecule has 0 radical (unpaired) electrons. The smallest absolute Gasteiger partial charge is 0.338 e. The average Bonchev–Trinajstić information content (AvgIpc) is 3.28. The lowest BCUT2D eigenvalue weighted by molar-refractivity contribution is -0.121. The molecule has 1 fully saturated rings. The second kappa shape index (κ2) is 12.1. The first-order valence-electron chi connectivity index (χ1n) is 12.5. The van der Waals surface area contributed by atoms with Crippen molar-refractivity contribution >= 4 is 41.0 Å². The Bertz CT molecular complexity index is 1740. The Balaban J connectivity index is 1.26. The molecule has 1 aliphatic rings. The van der Waals surface area contributed by atoms with Crippen molar-refractivity contribution in [2.75, 3.05) is 11.5 Å². The molecule has 8 nitrogen and oxygen atoms in total. The van der Waals surface area contributed by atoms with Crippen molar-refractivity contribution in [2.24, 2.45) is 0 Å². The van der Waals surface area contributed by atoms with Crippen LogP contribution in [0.1, 0.15) is 32.7 Å². The van der Waals surface area contributed by atoms with E-state index in [0.717, 1.165) is 28.8 Å². The number of amides is 2. The molecule has 0 aliphatic carbocycles. The number of esters is 1. The third-order valence-corrected chi connectivity index (χ3v) is 7.53. The highest BCUT2D eigenvalue weighted by Gasteiger charge is 2.41. The third-order valence-electron chi connectivity index (χ3n) is 6.34. The lowest BCUT2D eigenvalue weighted by Crippen LogP contribution is -2.31. The number of halogens is 2. The summed E-state index contributed by atoms with van der Waals surface area (Å²) in [5.74, 6) is -3.18. The molecule has 1 aliphatic heterocycles. The van der Waals surface area contributed by atoms with Crippen LogP contribution >= 0.6 is 11.8 Å². The van der Waals surface area contributed by atoms with E-state index < -0.39 is 47.1 Å². The zero-order valence-corrected chi connectivity index (χ0v) is 22.4. The van der Waals surface area contributed by atoms with Crippen LogP contribution in [0.2, 0.25) is 0 Å². The van der Waals surface area contributed by atoms with Crippen molar-refractivity contribution < 1.29 is 32.7 Å². The van der Waals surface area contributed by atoms with E-state index in [0.29, 0.717) is 11.3 Å². The van der Waals surface area contributed by atoms with Gasteiger partial charge in [0.05, 0.1) is 27.8 Å². The molecule has 1 aromatic heterocycles. The molecule has 208 valence electrons. The van der Waals surface area contributed by atoms with E-state index in [-0.39, 0.29) is 33.8 Å². The van der Waals surface area contributed by atoms with E-state index in [1.54, 1.807) is 24.3 Å². The number of pyridine rings is 1. The molecular formula is C31H19F2N3O5S. The Morgan fingerprint density at radius 2 is 1.52 bits per heavy atom. The number of aromatic nitrogens is 1. The molecule has 42 heavy (non-hydrogen) atoms. The highest BCUT2D eigenvalue weighted by Crippen LogP contribution is 2.35. The number of ketones is 1. The summed E-state index contributed by atoms with van der Waals surface area (Å²) in [5, 5.41) is 8.98. The summed E-state index contributed by atoms with van der Waals surface area (Å²) in [6.07, 6.45) is -0.133. The molecule has 0 spiro atoms. The van der Waals surface area contributed by atoms with Crippen LogP contribution in [0.25, 0.3) is 11.3 Å². The maximum atomic E-state index is 13.3. The van der Waals surface area contributed by atoms with Gasteiger partial charge in [-0.3, -0.25) is 14.4 Å². The van der Waals surface area contributed by atoms with Gasteiger partial charge in [-0.2, -0.15) is 5.26 Å². The van der Waals surface area contributed by atoms with Crippen LogP contribution in [-0.4, -0.2) is 40.4 Å². The summed E-state index contributed by atoms with van der Waals surface area (Å²) in [7, 11) is 0. The first-order valence-corrected chi connectivity index (χ1v) is 13.4. The third kappa shape index (κ3) is 6.09. The Labute approximate surface area is 242 Å². The Kier molecular flexibility index (Phi) is 8.17. The second-order valence-corrected chi connectivity index (χ2v) is 10.3. The highest BCUT2D eigenvalue weighted by molar-refractivity contribution is 8.00. The lowest BCUT2D eigenvalue weighted by Gasteiger charge is -2.15. The number of carbonyl (C=O) groups is 4. The first-order chi connectivity index (χ1) is 20.2. The Hall–Kier alpha value is -5.21. The molecule has 1 unspecified atom stereocenters. The predicted molar refractivity (Wildman–Crippen MR) is 149 cm³/mol.